The maximum Gasteiger partial charge on any atom is 0.253 e. The number of halogens is 1. The second-order valence-electron chi connectivity index (χ2n) is 7.35. The number of likely N-dealkylation sites (tertiary alicyclic amines) is 1. The van der Waals surface area contributed by atoms with E-state index in [9.17, 15) is 13.2 Å². The zero-order valence-corrected chi connectivity index (χ0v) is 17.8. The van der Waals surface area contributed by atoms with Crippen LogP contribution in [-0.2, 0) is 14.8 Å². The van der Waals surface area contributed by atoms with Gasteiger partial charge in [-0.1, -0.05) is 11.6 Å². The Morgan fingerprint density at radius 2 is 1.68 bits per heavy atom. The number of ether oxygens (including phenoxy) is 2. The van der Waals surface area contributed by atoms with Crippen LogP contribution in [0.1, 0.15) is 36.0 Å². The van der Waals surface area contributed by atoms with Crippen molar-refractivity contribution in [1.29, 1.82) is 0 Å². The van der Waals surface area contributed by atoms with Crippen molar-refractivity contribution in [3.05, 3.63) is 28.8 Å². The van der Waals surface area contributed by atoms with E-state index in [4.69, 9.17) is 21.1 Å². The Morgan fingerprint density at radius 1 is 1.07 bits per heavy atom. The van der Waals surface area contributed by atoms with E-state index in [0.29, 0.717) is 55.4 Å². The number of hydrogen-bond donors (Lipinski definition) is 0. The molecule has 156 valence electrons. The lowest BCUT2D eigenvalue weighted by Crippen LogP contribution is -2.41. The summed E-state index contributed by atoms with van der Waals surface area (Å²) in [5.74, 6) is 0.485. The van der Waals surface area contributed by atoms with Gasteiger partial charge >= 0.3 is 0 Å². The van der Waals surface area contributed by atoms with E-state index < -0.39 is 10.0 Å². The number of sulfonamides is 1. The van der Waals surface area contributed by atoms with Crippen LogP contribution >= 0.6 is 11.6 Å². The highest BCUT2D eigenvalue weighted by molar-refractivity contribution is 7.88. The highest BCUT2D eigenvalue weighted by Gasteiger charge is 2.27. The largest absolute Gasteiger partial charge is 0.489 e. The van der Waals surface area contributed by atoms with Crippen LogP contribution in [0.5, 0.6) is 5.75 Å². The minimum Gasteiger partial charge on any atom is -0.489 e. The van der Waals surface area contributed by atoms with E-state index in [1.807, 2.05) is 4.90 Å². The van der Waals surface area contributed by atoms with E-state index in [2.05, 4.69) is 0 Å². The Morgan fingerprint density at radius 3 is 2.21 bits per heavy atom. The first kappa shape index (κ1) is 21.4. The minimum atomic E-state index is -3.16. The summed E-state index contributed by atoms with van der Waals surface area (Å²) in [6, 6.07) is 5.10. The first-order valence-electron chi connectivity index (χ1n) is 9.51. The van der Waals surface area contributed by atoms with Crippen LogP contribution in [0.25, 0.3) is 0 Å². The van der Waals surface area contributed by atoms with Crippen molar-refractivity contribution in [2.24, 2.45) is 0 Å². The Bertz CT molecular complexity index is 801. The molecule has 7 nitrogen and oxygen atoms in total. The molecule has 3 rings (SSSR count). The third kappa shape index (κ3) is 5.17. The monoisotopic (exact) mass is 430 g/mol. The van der Waals surface area contributed by atoms with Gasteiger partial charge in [-0.05, 0) is 43.9 Å². The molecule has 0 saturated carbocycles. The van der Waals surface area contributed by atoms with Crippen molar-refractivity contribution >= 4 is 27.5 Å². The average Bonchev–Trinajstić information content (AvgIpc) is 2.69. The lowest BCUT2D eigenvalue weighted by molar-refractivity contribution is 0.0351. The lowest BCUT2D eigenvalue weighted by atomic mass is 10.1. The molecule has 0 bridgehead atoms. The van der Waals surface area contributed by atoms with Crippen molar-refractivity contribution in [1.82, 2.24) is 9.21 Å². The predicted octanol–water partition coefficient (Wildman–Crippen LogP) is 2.39. The fraction of sp³-hybridized carbons (Fsp3) is 0.632. The molecular formula is C19H27ClN2O5S. The molecule has 0 radical (unpaired) electrons. The second kappa shape index (κ2) is 8.98. The third-order valence-corrected chi connectivity index (χ3v) is 7.00. The van der Waals surface area contributed by atoms with Crippen LogP contribution in [-0.4, -0.2) is 75.3 Å². The molecule has 2 heterocycles. The number of hydrogen-bond acceptors (Lipinski definition) is 5. The molecule has 0 spiro atoms. The van der Waals surface area contributed by atoms with E-state index in [-0.39, 0.29) is 18.1 Å². The molecule has 0 aromatic heterocycles. The molecular weight excluding hydrogens is 404 g/mol. The number of nitrogens with zero attached hydrogens (tertiary/aromatic N) is 2. The topological polar surface area (TPSA) is 76.2 Å². The molecule has 2 aliphatic rings. The van der Waals surface area contributed by atoms with E-state index in [1.54, 1.807) is 25.3 Å². The van der Waals surface area contributed by atoms with E-state index in [0.717, 1.165) is 12.8 Å². The van der Waals surface area contributed by atoms with Gasteiger partial charge in [-0.25, -0.2) is 12.7 Å². The van der Waals surface area contributed by atoms with Crippen LogP contribution in [0.3, 0.4) is 0 Å². The molecule has 2 saturated heterocycles. The van der Waals surface area contributed by atoms with Crippen LogP contribution in [0.4, 0.5) is 0 Å². The van der Waals surface area contributed by atoms with E-state index >= 15 is 0 Å². The van der Waals surface area contributed by atoms with Crippen LogP contribution < -0.4 is 4.74 Å². The van der Waals surface area contributed by atoms with Crippen LogP contribution in [0.15, 0.2) is 18.2 Å². The van der Waals surface area contributed by atoms with Gasteiger partial charge in [-0.2, -0.15) is 0 Å². The summed E-state index contributed by atoms with van der Waals surface area (Å²) in [5, 5.41) is 0.392. The fourth-order valence-corrected chi connectivity index (χ4v) is 4.77. The molecule has 0 N–H and O–H groups in total. The normalized spacial score (nSPS) is 20.3. The zero-order chi connectivity index (χ0) is 20.3. The van der Waals surface area contributed by atoms with Gasteiger partial charge in [0.25, 0.3) is 5.91 Å². The molecule has 0 atom stereocenters. The summed E-state index contributed by atoms with van der Waals surface area (Å²) in [5.41, 5.74) is 0.542. The number of rotatable bonds is 5. The first-order chi connectivity index (χ1) is 13.3. The fourth-order valence-electron chi connectivity index (χ4n) is 3.67. The predicted molar refractivity (Wildman–Crippen MR) is 107 cm³/mol. The molecule has 2 fully saturated rings. The molecule has 0 unspecified atom stereocenters. The molecule has 28 heavy (non-hydrogen) atoms. The van der Waals surface area contributed by atoms with Gasteiger partial charge in [0.2, 0.25) is 10.0 Å². The molecule has 0 aliphatic carbocycles. The van der Waals surface area contributed by atoms with Gasteiger partial charge in [0, 0.05) is 38.9 Å². The Labute approximate surface area is 171 Å². The number of carbonyl (C=O) groups excluding carboxylic acids is 1. The van der Waals surface area contributed by atoms with Gasteiger partial charge in [0.15, 0.2) is 0 Å². The summed E-state index contributed by atoms with van der Waals surface area (Å²) in [4.78, 5) is 14.5. The van der Waals surface area contributed by atoms with Crippen molar-refractivity contribution in [3.8, 4) is 5.75 Å². The number of carbonyl (C=O) groups is 1. The van der Waals surface area contributed by atoms with Gasteiger partial charge in [-0.15, -0.1) is 0 Å². The smallest absolute Gasteiger partial charge is 0.253 e. The molecule has 1 aromatic rings. The maximum absolute atomic E-state index is 12.7. The standard InChI is InChI=1S/C19H27ClN2O5S/c1-26-15-5-9-21(10-6-15)19(23)14-3-4-18(17(20)13-14)27-16-7-11-22(12-8-16)28(2,24)25/h3-4,13,15-16H,5-12H2,1-2H3. The summed E-state index contributed by atoms with van der Waals surface area (Å²) in [7, 11) is -1.46. The number of benzene rings is 1. The maximum atomic E-state index is 12.7. The second-order valence-corrected chi connectivity index (χ2v) is 9.74. The van der Waals surface area contributed by atoms with E-state index in [1.165, 1.54) is 10.6 Å². The van der Waals surface area contributed by atoms with Crippen LogP contribution in [0, 0.1) is 0 Å². The average molecular weight is 431 g/mol. The van der Waals surface area contributed by atoms with Crippen molar-refractivity contribution < 1.29 is 22.7 Å². The molecule has 2 aliphatic heterocycles. The number of methoxy groups -OCH3 is 1. The summed E-state index contributed by atoms with van der Waals surface area (Å²) >= 11 is 6.36. The van der Waals surface area contributed by atoms with Crippen molar-refractivity contribution in [3.63, 3.8) is 0 Å². The first-order valence-corrected chi connectivity index (χ1v) is 11.7. The number of piperidine rings is 2. The van der Waals surface area contributed by atoms with Crippen LogP contribution in [0.2, 0.25) is 5.02 Å². The number of amides is 1. The molecule has 1 aromatic carbocycles. The highest BCUT2D eigenvalue weighted by atomic mass is 35.5. The SMILES string of the molecule is COC1CCN(C(=O)c2ccc(OC3CCN(S(C)(=O)=O)CC3)c(Cl)c2)CC1. The highest BCUT2D eigenvalue weighted by Crippen LogP contribution is 2.29. The Balaban J connectivity index is 1.58. The lowest BCUT2D eigenvalue weighted by Gasteiger charge is -2.31. The Kier molecular flexibility index (Phi) is 6.85. The zero-order valence-electron chi connectivity index (χ0n) is 16.3. The van der Waals surface area contributed by atoms with Gasteiger partial charge < -0.3 is 14.4 Å². The summed E-state index contributed by atoms with van der Waals surface area (Å²) in [6.45, 7) is 2.22. The quantitative estimate of drug-likeness (QED) is 0.716. The summed E-state index contributed by atoms with van der Waals surface area (Å²) in [6.07, 6.45) is 4.24. The summed E-state index contributed by atoms with van der Waals surface area (Å²) < 4.78 is 36.0. The van der Waals surface area contributed by atoms with Gasteiger partial charge in [-0.3, -0.25) is 4.79 Å². The van der Waals surface area contributed by atoms with Gasteiger partial charge in [0.05, 0.1) is 17.4 Å². The third-order valence-electron chi connectivity index (χ3n) is 5.40. The Hall–Kier alpha value is -1.35. The molecule has 9 heteroatoms. The van der Waals surface area contributed by atoms with Crippen molar-refractivity contribution in [2.75, 3.05) is 39.5 Å². The van der Waals surface area contributed by atoms with Crippen molar-refractivity contribution in [2.45, 2.75) is 37.9 Å². The van der Waals surface area contributed by atoms with Gasteiger partial charge in [0.1, 0.15) is 11.9 Å². The molecule has 1 amide bonds. The minimum absolute atomic E-state index is 0.0375.